The van der Waals surface area contributed by atoms with Crippen LogP contribution in [-0.2, 0) is 14.3 Å². The molecule has 0 aromatic heterocycles. The zero-order valence-corrected chi connectivity index (χ0v) is 9.18. The molecule has 1 aliphatic heterocycles. The summed E-state index contributed by atoms with van der Waals surface area (Å²) < 4.78 is 5.13. The Morgan fingerprint density at radius 3 is 2.62 bits per heavy atom. The molecule has 6 nitrogen and oxygen atoms in total. The molecule has 16 heavy (non-hydrogen) atoms. The van der Waals surface area contributed by atoms with E-state index in [-0.39, 0.29) is 11.8 Å². The fourth-order valence-electron chi connectivity index (χ4n) is 1.61. The molecular weight excluding hydrogens is 214 g/mol. The predicted octanol–water partition coefficient (Wildman–Crippen LogP) is -0.637. The number of rotatable bonds is 4. The molecule has 1 rings (SSSR count). The fraction of sp³-hybridized carbons (Fsp3) is 0.800. The molecule has 1 fully saturated rings. The van der Waals surface area contributed by atoms with Crippen molar-refractivity contribution in [3.8, 4) is 0 Å². The molecular formula is C10H17NO5. The summed E-state index contributed by atoms with van der Waals surface area (Å²) >= 11 is 0. The van der Waals surface area contributed by atoms with Crippen molar-refractivity contribution in [1.29, 1.82) is 0 Å². The summed E-state index contributed by atoms with van der Waals surface area (Å²) in [6.45, 7) is 2.29. The maximum Gasteiger partial charge on any atom is 0.328 e. The monoisotopic (exact) mass is 231 g/mol. The van der Waals surface area contributed by atoms with Gasteiger partial charge in [0.15, 0.2) is 6.04 Å². The van der Waals surface area contributed by atoms with E-state index in [1.165, 1.54) is 6.92 Å². The van der Waals surface area contributed by atoms with Crippen LogP contribution in [-0.4, -0.2) is 47.4 Å². The highest BCUT2D eigenvalue weighted by atomic mass is 16.5. The topological polar surface area (TPSA) is 95.9 Å². The summed E-state index contributed by atoms with van der Waals surface area (Å²) in [6, 6.07) is -1.26. The van der Waals surface area contributed by atoms with Crippen molar-refractivity contribution in [3.63, 3.8) is 0 Å². The third kappa shape index (κ3) is 3.46. The number of aliphatic hydroxyl groups is 1. The van der Waals surface area contributed by atoms with Gasteiger partial charge in [-0.05, 0) is 19.8 Å². The number of aliphatic carboxylic acids is 1. The fourth-order valence-corrected chi connectivity index (χ4v) is 1.61. The molecule has 3 N–H and O–H groups in total. The number of amides is 1. The van der Waals surface area contributed by atoms with Crippen molar-refractivity contribution < 1.29 is 24.5 Å². The molecule has 92 valence electrons. The van der Waals surface area contributed by atoms with E-state index in [0.717, 1.165) is 6.42 Å². The Balaban J connectivity index is 2.50. The van der Waals surface area contributed by atoms with Crippen molar-refractivity contribution in [2.75, 3.05) is 13.2 Å². The van der Waals surface area contributed by atoms with Crippen LogP contribution in [0, 0.1) is 5.92 Å². The number of hydrogen-bond donors (Lipinski definition) is 3. The average Bonchev–Trinajstić information content (AvgIpc) is 2.25. The van der Waals surface area contributed by atoms with Crippen molar-refractivity contribution in [2.45, 2.75) is 31.9 Å². The molecule has 0 aliphatic carbocycles. The Kier molecular flexibility index (Phi) is 4.70. The molecule has 0 bridgehead atoms. The molecule has 0 radical (unpaired) electrons. The van der Waals surface area contributed by atoms with Crippen molar-refractivity contribution in [3.05, 3.63) is 0 Å². The summed E-state index contributed by atoms with van der Waals surface area (Å²) in [6.07, 6.45) is 0.369. The van der Waals surface area contributed by atoms with Gasteiger partial charge in [-0.25, -0.2) is 4.79 Å². The minimum atomic E-state index is -1.26. The van der Waals surface area contributed by atoms with Gasteiger partial charge in [-0.15, -0.1) is 0 Å². The first-order chi connectivity index (χ1) is 7.52. The van der Waals surface area contributed by atoms with Crippen LogP contribution in [0.1, 0.15) is 19.8 Å². The van der Waals surface area contributed by atoms with Gasteiger partial charge in [0.2, 0.25) is 5.91 Å². The van der Waals surface area contributed by atoms with Gasteiger partial charge in [0.05, 0.1) is 18.6 Å². The van der Waals surface area contributed by atoms with Crippen molar-refractivity contribution in [2.24, 2.45) is 5.92 Å². The minimum absolute atomic E-state index is 0.311. The third-order valence-electron chi connectivity index (χ3n) is 2.58. The maximum atomic E-state index is 11.7. The number of nitrogens with one attached hydrogen (secondary N) is 1. The van der Waals surface area contributed by atoms with Crippen LogP contribution < -0.4 is 5.32 Å². The summed E-state index contributed by atoms with van der Waals surface area (Å²) in [7, 11) is 0. The van der Waals surface area contributed by atoms with Gasteiger partial charge in [0.25, 0.3) is 0 Å². The van der Waals surface area contributed by atoms with Crippen LogP contribution >= 0.6 is 0 Å². The Morgan fingerprint density at radius 1 is 1.50 bits per heavy atom. The lowest BCUT2D eigenvalue weighted by atomic mass is 10.0. The highest BCUT2D eigenvalue weighted by Crippen LogP contribution is 2.13. The zero-order chi connectivity index (χ0) is 12.1. The van der Waals surface area contributed by atoms with E-state index >= 15 is 0 Å². The van der Waals surface area contributed by atoms with Crippen molar-refractivity contribution >= 4 is 11.9 Å². The Labute approximate surface area is 93.6 Å². The number of carboxylic acids is 1. The van der Waals surface area contributed by atoms with Crippen LogP contribution in [0.3, 0.4) is 0 Å². The van der Waals surface area contributed by atoms with Crippen LogP contribution in [0.5, 0.6) is 0 Å². The number of hydrogen-bond acceptors (Lipinski definition) is 4. The van der Waals surface area contributed by atoms with Gasteiger partial charge in [-0.3, -0.25) is 4.79 Å². The number of ether oxygens (including phenoxy) is 1. The maximum absolute atomic E-state index is 11.7. The standard InChI is InChI=1S/C10H17NO5/c1-6(12)8(10(14)15)11-9(13)7-3-2-4-16-5-7/h6-8,12H,2-5H2,1H3,(H,11,13)(H,14,15)/t6-,7?,8+/m1/s1. The van der Waals surface area contributed by atoms with E-state index < -0.39 is 18.1 Å². The average molecular weight is 231 g/mol. The third-order valence-corrected chi connectivity index (χ3v) is 2.58. The smallest absolute Gasteiger partial charge is 0.328 e. The second-order valence-electron chi connectivity index (χ2n) is 3.98. The van der Waals surface area contributed by atoms with Gasteiger partial charge >= 0.3 is 5.97 Å². The largest absolute Gasteiger partial charge is 0.480 e. The lowest BCUT2D eigenvalue weighted by molar-refractivity contribution is -0.146. The summed E-state index contributed by atoms with van der Waals surface area (Å²) in [5.41, 5.74) is 0. The van der Waals surface area contributed by atoms with Gasteiger partial charge in [-0.1, -0.05) is 0 Å². The second kappa shape index (κ2) is 5.81. The highest BCUT2D eigenvalue weighted by molar-refractivity contribution is 5.85. The van der Waals surface area contributed by atoms with Gasteiger partial charge in [0, 0.05) is 6.61 Å². The van der Waals surface area contributed by atoms with Gasteiger partial charge in [0.1, 0.15) is 0 Å². The molecule has 0 aromatic carbocycles. The molecule has 0 spiro atoms. The van der Waals surface area contributed by atoms with E-state index in [1.54, 1.807) is 0 Å². The molecule has 1 unspecified atom stereocenters. The second-order valence-corrected chi connectivity index (χ2v) is 3.98. The van der Waals surface area contributed by atoms with E-state index in [4.69, 9.17) is 9.84 Å². The van der Waals surface area contributed by atoms with E-state index in [1.807, 2.05) is 0 Å². The quantitative estimate of drug-likeness (QED) is 0.598. The van der Waals surface area contributed by atoms with Crippen LogP contribution in [0.2, 0.25) is 0 Å². The summed E-state index contributed by atoms with van der Waals surface area (Å²) in [5, 5.41) is 20.3. The first kappa shape index (κ1) is 12.9. The highest BCUT2D eigenvalue weighted by Gasteiger charge is 2.29. The molecule has 3 atom stereocenters. The number of carbonyl (C=O) groups is 2. The molecule has 1 amide bonds. The van der Waals surface area contributed by atoms with Crippen molar-refractivity contribution in [1.82, 2.24) is 5.32 Å². The lowest BCUT2D eigenvalue weighted by Crippen LogP contribution is -2.50. The van der Waals surface area contributed by atoms with E-state index in [2.05, 4.69) is 5.32 Å². The van der Waals surface area contributed by atoms with Crippen LogP contribution in [0.4, 0.5) is 0 Å². The zero-order valence-electron chi connectivity index (χ0n) is 9.18. The molecule has 6 heteroatoms. The predicted molar refractivity (Wildman–Crippen MR) is 54.8 cm³/mol. The Bertz CT molecular complexity index is 260. The summed E-state index contributed by atoms with van der Waals surface area (Å²) in [5.74, 6) is -1.91. The van der Waals surface area contributed by atoms with E-state index in [0.29, 0.717) is 19.6 Å². The molecule has 1 heterocycles. The molecule has 0 aromatic rings. The number of aliphatic hydroxyl groups excluding tert-OH is 1. The summed E-state index contributed by atoms with van der Waals surface area (Å²) in [4.78, 5) is 22.4. The SMILES string of the molecule is C[C@@H](O)[C@H](NC(=O)C1CCCOC1)C(=O)O. The minimum Gasteiger partial charge on any atom is -0.480 e. The van der Waals surface area contributed by atoms with E-state index in [9.17, 15) is 14.7 Å². The Morgan fingerprint density at radius 2 is 2.19 bits per heavy atom. The van der Waals surface area contributed by atoms with Gasteiger partial charge in [-0.2, -0.15) is 0 Å². The molecule has 1 aliphatic rings. The first-order valence-corrected chi connectivity index (χ1v) is 5.31. The molecule has 0 saturated carbocycles. The van der Waals surface area contributed by atoms with Gasteiger partial charge < -0.3 is 20.3 Å². The lowest BCUT2D eigenvalue weighted by Gasteiger charge is -2.24. The first-order valence-electron chi connectivity index (χ1n) is 5.31. The number of carboxylic acid groups (broad SMARTS) is 1. The van der Waals surface area contributed by atoms with Crippen LogP contribution in [0.15, 0.2) is 0 Å². The normalized spacial score (nSPS) is 24.5. The molecule has 1 saturated heterocycles. The Hall–Kier alpha value is -1.14. The van der Waals surface area contributed by atoms with Crippen LogP contribution in [0.25, 0.3) is 0 Å². The number of carbonyl (C=O) groups excluding carboxylic acids is 1.